The third kappa shape index (κ3) is 3.74. The summed E-state index contributed by atoms with van der Waals surface area (Å²) in [5.74, 6) is 1.79. The maximum atomic E-state index is 5.59. The fourth-order valence-corrected chi connectivity index (χ4v) is 2.03. The number of nitrogens with one attached hydrogen (secondary N) is 1. The monoisotopic (exact) mass is 306 g/mol. The van der Waals surface area contributed by atoms with Crippen molar-refractivity contribution in [3.05, 3.63) is 52.6 Å². The molecule has 94 valence electrons. The Kier molecular flexibility index (Phi) is 4.59. The maximum Gasteiger partial charge on any atom is 0.129 e. The van der Waals surface area contributed by atoms with E-state index < -0.39 is 0 Å². The van der Waals surface area contributed by atoms with Crippen LogP contribution < -0.4 is 10.1 Å². The number of aryl methyl sites for hydroxylation is 1. The molecule has 0 fully saturated rings. The molecule has 0 aliphatic rings. The van der Waals surface area contributed by atoms with Gasteiger partial charge in [0.15, 0.2) is 0 Å². The van der Waals surface area contributed by atoms with Gasteiger partial charge in [0.25, 0.3) is 0 Å². The van der Waals surface area contributed by atoms with Crippen molar-refractivity contribution in [3.8, 4) is 5.75 Å². The number of hydrogen-bond donors (Lipinski definition) is 1. The number of para-hydroxylation sites is 1. The van der Waals surface area contributed by atoms with Crippen LogP contribution in [0.25, 0.3) is 0 Å². The standard InChI is InChI=1S/C14H15BrN2O/c1-11-9-12(15)10-17-14(11)16-7-8-18-13-5-3-2-4-6-13/h2-6,9-10H,7-8H2,1H3,(H,16,17). The first kappa shape index (κ1) is 12.9. The van der Waals surface area contributed by atoms with Gasteiger partial charge < -0.3 is 10.1 Å². The largest absolute Gasteiger partial charge is 0.492 e. The van der Waals surface area contributed by atoms with Crippen molar-refractivity contribution in [2.45, 2.75) is 6.92 Å². The molecule has 0 atom stereocenters. The minimum atomic E-state index is 0.612. The average molecular weight is 307 g/mol. The van der Waals surface area contributed by atoms with Crippen LogP contribution in [0.3, 0.4) is 0 Å². The first-order valence-electron chi connectivity index (χ1n) is 5.79. The molecular formula is C14H15BrN2O. The van der Waals surface area contributed by atoms with Gasteiger partial charge in [-0.1, -0.05) is 18.2 Å². The van der Waals surface area contributed by atoms with Gasteiger partial charge in [0.2, 0.25) is 0 Å². The lowest BCUT2D eigenvalue weighted by molar-refractivity contribution is 0.332. The minimum Gasteiger partial charge on any atom is -0.492 e. The number of halogens is 1. The molecule has 1 heterocycles. The zero-order valence-corrected chi connectivity index (χ0v) is 11.8. The van der Waals surface area contributed by atoms with Crippen LogP contribution in [-0.2, 0) is 0 Å². The van der Waals surface area contributed by atoms with Gasteiger partial charge in [-0.05, 0) is 46.6 Å². The van der Waals surface area contributed by atoms with Crippen LogP contribution in [0.15, 0.2) is 47.1 Å². The predicted octanol–water partition coefficient (Wildman–Crippen LogP) is 3.64. The Balaban J connectivity index is 1.79. The number of pyridine rings is 1. The van der Waals surface area contributed by atoms with E-state index >= 15 is 0 Å². The van der Waals surface area contributed by atoms with Crippen LogP contribution in [0.4, 0.5) is 5.82 Å². The summed E-state index contributed by atoms with van der Waals surface area (Å²) in [6, 6.07) is 11.8. The van der Waals surface area contributed by atoms with E-state index in [0.717, 1.165) is 28.1 Å². The Morgan fingerprint density at radius 1 is 1.28 bits per heavy atom. The molecular weight excluding hydrogens is 292 g/mol. The molecule has 0 unspecified atom stereocenters. The van der Waals surface area contributed by atoms with Crippen molar-refractivity contribution >= 4 is 21.7 Å². The van der Waals surface area contributed by atoms with Gasteiger partial charge in [-0.3, -0.25) is 0 Å². The summed E-state index contributed by atoms with van der Waals surface area (Å²) in [5.41, 5.74) is 1.11. The zero-order chi connectivity index (χ0) is 12.8. The molecule has 0 saturated carbocycles. The number of anilines is 1. The zero-order valence-electron chi connectivity index (χ0n) is 10.2. The fraction of sp³-hybridized carbons (Fsp3) is 0.214. The summed E-state index contributed by atoms with van der Waals surface area (Å²) in [4.78, 5) is 4.31. The lowest BCUT2D eigenvalue weighted by Gasteiger charge is -2.09. The Morgan fingerprint density at radius 2 is 2.06 bits per heavy atom. The lowest BCUT2D eigenvalue weighted by atomic mass is 10.3. The van der Waals surface area contributed by atoms with Crippen molar-refractivity contribution in [3.63, 3.8) is 0 Å². The summed E-state index contributed by atoms with van der Waals surface area (Å²) < 4.78 is 6.58. The fourth-order valence-electron chi connectivity index (χ4n) is 1.58. The highest BCUT2D eigenvalue weighted by molar-refractivity contribution is 9.10. The van der Waals surface area contributed by atoms with E-state index in [4.69, 9.17) is 4.74 Å². The Bertz CT molecular complexity index is 502. The van der Waals surface area contributed by atoms with Crippen LogP contribution in [0, 0.1) is 6.92 Å². The third-order valence-corrected chi connectivity index (χ3v) is 2.89. The molecule has 18 heavy (non-hydrogen) atoms. The molecule has 0 bridgehead atoms. The van der Waals surface area contributed by atoms with Gasteiger partial charge in [-0.2, -0.15) is 0 Å². The van der Waals surface area contributed by atoms with Gasteiger partial charge in [-0.25, -0.2) is 4.98 Å². The average Bonchev–Trinajstić information content (AvgIpc) is 2.38. The van der Waals surface area contributed by atoms with Crippen molar-refractivity contribution in [2.75, 3.05) is 18.5 Å². The Morgan fingerprint density at radius 3 is 2.78 bits per heavy atom. The summed E-state index contributed by atoms with van der Waals surface area (Å²) in [5, 5.41) is 3.25. The molecule has 2 aromatic rings. The van der Waals surface area contributed by atoms with Crippen molar-refractivity contribution in [1.82, 2.24) is 4.98 Å². The molecule has 2 rings (SSSR count). The molecule has 0 radical (unpaired) electrons. The van der Waals surface area contributed by atoms with Crippen molar-refractivity contribution in [2.24, 2.45) is 0 Å². The lowest BCUT2D eigenvalue weighted by Crippen LogP contribution is -2.13. The molecule has 3 nitrogen and oxygen atoms in total. The molecule has 0 saturated heterocycles. The number of hydrogen-bond acceptors (Lipinski definition) is 3. The second-order valence-electron chi connectivity index (χ2n) is 3.91. The van der Waals surface area contributed by atoms with Gasteiger partial charge >= 0.3 is 0 Å². The van der Waals surface area contributed by atoms with Crippen molar-refractivity contribution < 1.29 is 4.74 Å². The van der Waals surface area contributed by atoms with Gasteiger partial charge in [0.1, 0.15) is 18.2 Å². The number of benzene rings is 1. The summed E-state index contributed by atoms with van der Waals surface area (Å²) >= 11 is 3.39. The van der Waals surface area contributed by atoms with Gasteiger partial charge in [0, 0.05) is 10.7 Å². The van der Waals surface area contributed by atoms with E-state index in [-0.39, 0.29) is 0 Å². The molecule has 0 spiro atoms. The summed E-state index contributed by atoms with van der Waals surface area (Å²) in [6.07, 6.45) is 1.79. The van der Waals surface area contributed by atoms with Crippen LogP contribution in [0.1, 0.15) is 5.56 Å². The van der Waals surface area contributed by atoms with E-state index in [1.165, 1.54) is 0 Å². The second kappa shape index (κ2) is 6.40. The van der Waals surface area contributed by atoms with E-state index in [0.29, 0.717) is 6.61 Å². The highest BCUT2D eigenvalue weighted by Crippen LogP contribution is 2.16. The summed E-state index contributed by atoms with van der Waals surface area (Å²) in [6.45, 7) is 3.36. The van der Waals surface area contributed by atoms with E-state index in [2.05, 4.69) is 26.2 Å². The quantitative estimate of drug-likeness (QED) is 0.856. The summed E-state index contributed by atoms with van der Waals surface area (Å²) in [7, 11) is 0. The van der Waals surface area contributed by atoms with Crippen LogP contribution in [-0.4, -0.2) is 18.1 Å². The van der Waals surface area contributed by atoms with Gasteiger partial charge in [-0.15, -0.1) is 0 Å². The second-order valence-corrected chi connectivity index (χ2v) is 4.82. The molecule has 4 heteroatoms. The SMILES string of the molecule is Cc1cc(Br)cnc1NCCOc1ccccc1. The Labute approximate surface area is 115 Å². The Hall–Kier alpha value is -1.55. The number of rotatable bonds is 5. The van der Waals surface area contributed by atoms with Crippen LogP contribution in [0.2, 0.25) is 0 Å². The topological polar surface area (TPSA) is 34.2 Å². The van der Waals surface area contributed by atoms with E-state index in [1.54, 1.807) is 6.20 Å². The molecule has 1 N–H and O–H groups in total. The minimum absolute atomic E-state index is 0.612. The predicted molar refractivity (Wildman–Crippen MR) is 77.1 cm³/mol. The van der Waals surface area contributed by atoms with E-state index in [1.807, 2.05) is 43.3 Å². The first-order valence-corrected chi connectivity index (χ1v) is 6.59. The number of aromatic nitrogens is 1. The highest BCUT2D eigenvalue weighted by atomic mass is 79.9. The number of nitrogens with zero attached hydrogens (tertiary/aromatic N) is 1. The smallest absolute Gasteiger partial charge is 0.129 e. The molecule has 1 aromatic carbocycles. The van der Waals surface area contributed by atoms with E-state index in [9.17, 15) is 0 Å². The van der Waals surface area contributed by atoms with Crippen LogP contribution >= 0.6 is 15.9 Å². The van der Waals surface area contributed by atoms with Crippen molar-refractivity contribution in [1.29, 1.82) is 0 Å². The molecule has 0 aliphatic carbocycles. The van der Waals surface area contributed by atoms with Gasteiger partial charge in [0.05, 0.1) is 6.54 Å². The third-order valence-electron chi connectivity index (χ3n) is 2.45. The van der Waals surface area contributed by atoms with Crippen LogP contribution in [0.5, 0.6) is 5.75 Å². The highest BCUT2D eigenvalue weighted by Gasteiger charge is 1.99. The first-order chi connectivity index (χ1) is 8.75. The molecule has 0 aliphatic heterocycles. The molecule has 0 amide bonds. The number of ether oxygens (including phenoxy) is 1. The maximum absolute atomic E-state index is 5.59. The normalized spacial score (nSPS) is 10.1. The molecule has 1 aromatic heterocycles.